The lowest BCUT2D eigenvalue weighted by Gasteiger charge is -2.37. The van der Waals surface area contributed by atoms with Crippen molar-refractivity contribution in [3.8, 4) is 0 Å². The second-order valence-electron chi connectivity index (χ2n) is 6.06. The number of anilines is 1. The molecule has 120 valence electrons. The molecule has 0 bridgehead atoms. The van der Waals surface area contributed by atoms with Gasteiger partial charge in [-0.15, -0.1) is 0 Å². The summed E-state index contributed by atoms with van der Waals surface area (Å²) in [7, 11) is 1.41. The van der Waals surface area contributed by atoms with E-state index in [2.05, 4.69) is 9.80 Å². The summed E-state index contributed by atoms with van der Waals surface area (Å²) in [6.45, 7) is 7.27. The molecule has 0 unspecified atom stereocenters. The molecule has 3 rings (SSSR count). The van der Waals surface area contributed by atoms with Gasteiger partial charge in [0.25, 0.3) is 0 Å². The van der Waals surface area contributed by atoms with E-state index in [0.717, 1.165) is 45.9 Å². The van der Waals surface area contributed by atoms with Crippen molar-refractivity contribution in [1.82, 2.24) is 4.90 Å². The minimum absolute atomic E-state index is 0.282. The van der Waals surface area contributed by atoms with E-state index in [9.17, 15) is 4.79 Å². The number of nitrogens with zero attached hydrogens (tertiary/aromatic N) is 2. The van der Waals surface area contributed by atoms with Crippen LogP contribution in [0.5, 0.6) is 0 Å². The van der Waals surface area contributed by atoms with Crippen LogP contribution >= 0.6 is 0 Å². The van der Waals surface area contributed by atoms with Crippen molar-refractivity contribution < 1.29 is 14.3 Å². The quantitative estimate of drug-likeness (QED) is 0.791. The predicted octanol–water partition coefficient (Wildman–Crippen LogP) is 1.63. The normalized spacial score (nSPS) is 22.8. The maximum Gasteiger partial charge on any atom is 0.337 e. The summed E-state index contributed by atoms with van der Waals surface area (Å²) in [4.78, 5) is 16.4. The van der Waals surface area contributed by atoms with Gasteiger partial charge in [0.15, 0.2) is 0 Å². The number of hydrogen-bond donors (Lipinski definition) is 0. The second-order valence-corrected chi connectivity index (χ2v) is 6.06. The molecule has 0 amide bonds. The van der Waals surface area contributed by atoms with Crippen LogP contribution in [-0.4, -0.2) is 63.9 Å². The molecule has 0 saturated carbocycles. The summed E-state index contributed by atoms with van der Waals surface area (Å²) in [5, 5.41) is 0. The maximum atomic E-state index is 11.5. The summed E-state index contributed by atoms with van der Waals surface area (Å²) in [6.07, 6.45) is 1.20. The Morgan fingerprint density at radius 3 is 2.55 bits per heavy atom. The summed E-state index contributed by atoms with van der Waals surface area (Å²) in [5.74, 6) is 0.432. The molecule has 0 aromatic heterocycles. The van der Waals surface area contributed by atoms with E-state index in [1.165, 1.54) is 19.2 Å². The number of methoxy groups -OCH3 is 1. The highest BCUT2D eigenvalue weighted by molar-refractivity contribution is 5.89. The largest absolute Gasteiger partial charge is 0.465 e. The third kappa shape index (κ3) is 3.59. The Kier molecular flexibility index (Phi) is 4.95. The Bertz CT molecular complexity index is 489. The molecule has 2 heterocycles. The van der Waals surface area contributed by atoms with Crippen LogP contribution in [0.1, 0.15) is 16.8 Å². The number of carbonyl (C=O) groups excluding carboxylic acids is 1. The molecule has 2 aliphatic rings. The standard InChI is InChI=1S/C17H24N2O3/c1-21-17(20)15-2-4-16(5-3-15)19-9-7-18(8-10-19)12-14-6-11-22-13-14/h2-5,14H,6-13H2,1H3/t14-/m0/s1. The first-order valence-corrected chi connectivity index (χ1v) is 7.99. The van der Waals surface area contributed by atoms with Gasteiger partial charge in [0, 0.05) is 45.0 Å². The summed E-state index contributed by atoms with van der Waals surface area (Å²) >= 11 is 0. The highest BCUT2D eigenvalue weighted by Gasteiger charge is 2.22. The molecule has 5 heteroatoms. The van der Waals surface area contributed by atoms with Crippen molar-refractivity contribution in [2.75, 3.05) is 57.9 Å². The van der Waals surface area contributed by atoms with E-state index in [4.69, 9.17) is 9.47 Å². The number of hydrogen-bond acceptors (Lipinski definition) is 5. The SMILES string of the molecule is COC(=O)c1ccc(N2CCN(C[C@@H]3CCOC3)CC2)cc1. The molecule has 2 saturated heterocycles. The van der Waals surface area contributed by atoms with Gasteiger partial charge in [-0.2, -0.15) is 0 Å². The van der Waals surface area contributed by atoms with Crippen LogP contribution in [0, 0.1) is 5.92 Å². The molecule has 1 atom stereocenters. The molecule has 5 nitrogen and oxygen atoms in total. The first-order valence-electron chi connectivity index (χ1n) is 7.99. The Labute approximate surface area is 131 Å². The fourth-order valence-corrected chi connectivity index (χ4v) is 3.21. The van der Waals surface area contributed by atoms with Crippen molar-refractivity contribution in [2.45, 2.75) is 6.42 Å². The van der Waals surface area contributed by atoms with Crippen molar-refractivity contribution in [1.29, 1.82) is 0 Å². The fraction of sp³-hybridized carbons (Fsp3) is 0.588. The Balaban J connectivity index is 1.51. The molecular weight excluding hydrogens is 280 g/mol. The highest BCUT2D eigenvalue weighted by Crippen LogP contribution is 2.19. The third-order valence-corrected chi connectivity index (χ3v) is 4.57. The first-order chi connectivity index (χ1) is 10.8. The Morgan fingerprint density at radius 1 is 1.23 bits per heavy atom. The van der Waals surface area contributed by atoms with Gasteiger partial charge in [-0.25, -0.2) is 4.79 Å². The molecule has 0 spiro atoms. The van der Waals surface area contributed by atoms with Crippen molar-refractivity contribution in [2.24, 2.45) is 5.92 Å². The predicted molar refractivity (Wildman–Crippen MR) is 85.4 cm³/mol. The smallest absolute Gasteiger partial charge is 0.337 e. The first kappa shape index (κ1) is 15.3. The monoisotopic (exact) mass is 304 g/mol. The van der Waals surface area contributed by atoms with Gasteiger partial charge in [0.2, 0.25) is 0 Å². The van der Waals surface area contributed by atoms with Gasteiger partial charge in [-0.05, 0) is 36.6 Å². The highest BCUT2D eigenvalue weighted by atomic mass is 16.5. The number of piperazine rings is 1. The van der Waals surface area contributed by atoms with Crippen molar-refractivity contribution >= 4 is 11.7 Å². The van der Waals surface area contributed by atoms with Crippen molar-refractivity contribution in [3.63, 3.8) is 0 Å². The van der Waals surface area contributed by atoms with Crippen LogP contribution < -0.4 is 4.90 Å². The average molecular weight is 304 g/mol. The number of benzene rings is 1. The van der Waals surface area contributed by atoms with E-state index in [1.54, 1.807) is 0 Å². The van der Waals surface area contributed by atoms with E-state index in [0.29, 0.717) is 11.5 Å². The van der Waals surface area contributed by atoms with Crippen LogP contribution in [0.15, 0.2) is 24.3 Å². The molecular formula is C17H24N2O3. The van der Waals surface area contributed by atoms with E-state index in [-0.39, 0.29) is 5.97 Å². The summed E-state index contributed by atoms with van der Waals surface area (Å²) in [6, 6.07) is 7.69. The van der Waals surface area contributed by atoms with Crippen LogP contribution in [-0.2, 0) is 9.47 Å². The molecule has 0 radical (unpaired) electrons. The van der Waals surface area contributed by atoms with Gasteiger partial charge in [-0.1, -0.05) is 0 Å². The van der Waals surface area contributed by atoms with Crippen molar-refractivity contribution in [3.05, 3.63) is 29.8 Å². The van der Waals surface area contributed by atoms with E-state index < -0.39 is 0 Å². The molecule has 0 aliphatic carbocycles. The topological polar surface area (TPSA) is 42.0 Å². The zero-order valence-corrected chi connectivity index (χ0v) is 13.2. The lowest BCUT2D eigenvalue weighted by atomic mass is 10.1. The molecule has 2 fully saturated rings. The summed E-state index contributed by atoms with van der Waals surface area (Å²) in [5.41, 5.74) is 1.78. The van der Waals surface area contributed by atoms with Gasteiger partial charge < -0.3 is 14.4 Å². The van der Waals surface area contributed by atoms with Gasteiger partial charge in [0.1, 0.15) is 0 Å². The minimum atomic E-state index is -0.282. The molecule has 2 aliphatic heterocycles. The molecule has 1 aromatic carbocycles. The molecule has 22 heavy (non-hydrogen) atoms. The number of rotatable bonds is 4. The van der Waals surface area contributed by atoms with Crippen LogP contribution in [0.4, 0.5) is 5.69 Å². The summed E-state index contributed by atoms with van der Waals surface area (Å²) < 4.78 is 10.2. The number of ether oxygens (including phenoxy) is 2. The lowest BCUT2D eigenvalue weighted by molar-refractivity contribution is 0.0601. The number of carbonyl (C=O) groups is 1. The zero-order valence-electron chi connectivity index (χ0n) is 13.2. The molecule has 1 aromatic rings. The average Bonchev–Trinajstić information content (AvgIpc) is 3.08. The van der Waals surface area contributed by atoms with Crippen LogP contribution in [0.2, 0.25) is 0 Å². The fourth-order valence-electron chi connectivity index (χ4n) is 3.21. The van der Waals surface area contributed by atoms with Crippen LogP contribution in [0.3, 0.4) is 0 Å². The minimum Gasteiger partial charge on any atom is -0.465 e. The van der Waals surface area contributed by atoms with Crippen LogP contribution in [0.25, 0.3) is 0 Å². The zero-order chi connectivity index (χ0) is 15.4. The maximum absolute atomic E-state index is 11.5. The van der Waals surface area contributed by atoms with Gasteiger partial charge >= 0.3 is 5.97 Å². The van der Waals surface area contributed by atoms with E-state index in [1.807, 2.05) is 24.3 Å². The Morgan fingerprint density at radius 2 is 1.95 bits per heavy atom. The third-order valence-electron chi connectivity index (χ3n) is 4.57. The Hall–Kier alpha value is -1.59. The second kappa shape index (κ2) is 7.11. The lowest BCUT2D eigenvalue weighted by Crippen LogP contribution is -2.47. The van der Waals surface area contributed by atoms with E-state index >= 15 is 0 Å². The van der Waals surface area contributed by atoms with Gasteiger partial charge in [0.05, 0.1) is 19.3 Å². The molecule has 0 N–H and O–H groups in total. The van der Waals surface area contributed by atoms with Gasteiger partial charge in [-0.3, -0.25) is 4.90 Å². The number of esters is 1.